The molecule has 0 spiro atoms. The fraction of sp³-hybridized carbons (Fsp3) is 0.304. The minimum atomic E-state index is -0.0258. The van der Waals surface area contributed by atoms with E-state index in [1.807, 2.05) is 46.7 Å². The second-order valence-corrected chi connectivity index (χ2v) is 8.09. The average Bonchev–Trinajstić information content (AvgIpc) is 3.23. The zero-order chi connectivity index (χ0) is 19.9. The van der Waals surface area contributed by atoms with Gasteiger partial charge in [-0.3, -0.25) is 9.69 Å². The summed E-state index contributed by atoms with van der Waals surface area (Å²) in [5.41, 5.74) is 2.76. The van der Waals surface area contributed by atoms with E-state index in [1.165, 1.54) is 0 Å². The van der Waals surface area contributed by atoms with Gasteiger partial charge in [-0.1, -0.05) is 60.7 Å². The molecule has 1 aromatic heterocycles. The molecule has 0 bridgehead atoms. The number of carbonyl (C=O) groups is 1. The zero-order valence-electron chi connectivity index (χ0n) is 16.4. The van der Waals surface area contributed by atoms with Crippen LogP contribution in [0, 0.1) is 0 Å². The van der Waals surface area contributed by atoms with Crippen LogP contribution in [0.2, 0.25) is 0 Å². The van der Waals surface area contributed by atoms with E-state index in [9.17, 15) is 4.79 Å². The fourth-order valence-electron chi connectivity index (χ4n) is 3.40. The van der Waals surface area contributed by atoms with Gasteiger partial charge in [-0.15, -0.1) is 11.3 Å². The van der Waals surface area contributed by atoms with E-state index in [2.05, 4.69) is 34.1 Å². The van der Waals surface area contributed by atoms with E-state index < -0.39 is 0 Å². The summed E-state index contributed by atoms with van der Waals surface area (Å²) in [6, 6.07) is 20.2. The summed E-state index contributed by atoms with van der Waals surface area (Å²) in [5, 5.41) is 2.87. The van der Waals surface area contributed by atoms with Gasteiger partial charge >= 0.3 is 0 Å². The molecule has 1 aliphatic rings. The lowest BCUT2D eigenvalue weighted by Gasteiger charge is -2.25. The average molecular weight is 408 g/mol. The van der Waals surface area contributed by atoms with Crippen molar-refractivity contribution in [3.05, 3.63) is 87.9 Å². The Balaban J connectivity index is 1.49. The highest BCUT2D eigenvalue weighted by Gasteiger charge is 2.21. The topological polar surface area (TPSA) is 45.7 Å². The quantitative estimate of drug-likeness (QED) is 0.597. The van der Waals surface area contributed by atoms with Crippen molar-refractivity contribution in [1.29, 1.82) is 0 Å². The maximum absolute atomic E-state index is 13.3. The van der Waals surface area contributed by atoms with E-state index >= 15 is 0 Å². The van der Waals surface area contributed by atoms with Crippen LogP contribution in [-0.2, 0) is 24.4 Å². The van der Waals surface area contributed by atoms with E-state index in [-0.39, 0.29) is 5.91 Å². The van der Waals surface area contributed by atoms with Crippen molar-refractivity contribution in [2.24, 2.45) is 0 Å². The predicted octanol–water partition coefficient (Wildman–Crippen LogP) is 3.82. The molecule has 1 aliphatic heterocycles. The number of thiazole rings is 1. The van der Waals surface area contributed by atoms with Gasteiger partial charge in [0.05, 0.1) is 19.8 Å². The minimum absolute atomic E-state index is 0.0258. The van der Waals surface area contributed by atoms with Crippen molar-refractivity contribution in [3.8, 4) is 0 Å². The van der Waals surface area contributed by atoms with Crippen LogP contribution in [0.4, 0.5) is 0 Å². The molecule has 1 amide bonds. The van der Waals surface area contributed by atoms with Crippen LogP contribution < -0.4 is 0 Å². The van der Waals surface area contributed by atoms with Crippen molar-refractivity contribution >= 4 is 17.2 Å². The van der Waals surface area contributed by atoms with E-state index in [1.54, 1.807) is 11.3 Å². The van der Waals surface area contributed by atoms with Crippen molar-refractivity contribution < 1.29 is 9.53 Å². The summed E-state index contributed by atoms with van der Waals surface area (Å²) in [6.45, 7) is 5.25. The van der Waals surface area contributed by atoms with Gasteiger partial charge in [-0.25, -0.2) is 4.98 Å². The number of aromatic nitrogens is 1. The number of carbonyl (C=O) groups excluding carboxylic acids is 1. The van der Waals surface area contributed by atoms with E-state index in [0.717, 1.165) is 49.0 Å². The smallest absolute Gasteiger partial charge is 0.273 e. The van der Waals surface area contributed by atoms with E-state index in [0.29, 0.717) is 18.8 Å². The Morgan fingerprint density at radius 3 is 2.14 bits per heavy atom. The number of morpholine rings is 1. The van der Waals surface area contributed by atoms with Crippen molar-refractivity contribution in [3.63, 3.8) is 0 Å². The number of rotatable bonds is 7. The molecule has 0 unspecified atom stereocenters. The Morgan fingerprint density at radius 1 is 0.966 bits per heavy atom. The third-order valence-corrected chi connectivity index (χ3v) is 5.79. The Bertz CT molecular complexity index is 867. The van der Waals surface area contributed by atoms with Gasteiger partial charge in [-0.2, -0.15) is 0 Å². The third-order valence-electron chi connectivity index (χ3n) is 4.95. The molecule has 2 heterocycles. The molecule has 0 aliphatic carbocycles. The van der Waals surface area contributed by atoms with Crippen LogP contribution in [0.15, 0.2) is 66.0 Å². The molecule has 0 atom stereocenters. The SMILES string of the molecule is O=C(c1csc(CN2CCOCC2)n1)N(Cc1ccccc1)Cc1ccccc1. The molecule has 4 rings (SSSR count). The van der Waals surface area contributed by atoms with Gasteiger partial charge < -0.3 is 9.64 Å². The number of hydrogen-bond donors (Lipinski definition) is 0. The van der Waals surface area contributed by atoms with Gasteiger partial charge in [0.2, 0.25) is 0 Å². The highest BCUT2D eigenvalue weighted by Crippen LogP contribution is 2.18. The van der Waals surface area contributed by atoms with Gasteiger partial charge in [-0.05, 0) is 11.1 Å². The third kappa shape index (κ3) is 5.50. The van der Waals surface area contributed by atoms with Crippen LogP contribution in [0.25, 0.3) is 0 Å². The summed E-state index contributed by atoms with van der Waals surface area (Å²) in [4.78, 5) is 22.1. The molecule has 0 saturated carbocycles. The summed E-state index contributed by atoms with van der Waals surface area (Å²) >= 11 is 1.56. The summed E-state index contributed by atoms with van der Waals surface area (Å²) in [6.07, 6.45) is 0. The molecular formula is C23H25N3O2S. The van der Waals surface area contributed by atoms with Crippen LogP contribution in [0.1, 0.15) is 26.6 Å². The maximum Gasteiger partial charge on any atom is 0.273 e. The highest BCUT2D eigenvalue weighted by atomic mass is 32.1. The predicted molar refractivity (Wildman–Crippen MR) is 115 cm³/mol. The van der Waals surface area contributed by atoms with Crippen molar-refractivity contribution in [1.82, 2.24) is 14.8 Å². The molecular weight excluding hydrogens is 382 g/mol. The lowest BCUT2D eigenvalue weighted by molar-refractivity contribution is 0.0341. The molecule has 5 nitrogen and oxygen atoms in total. The second kappa shape index (κ2) is 9.78. The van der Waals surface area contributed by atoms with Gasteiger partial charge in [0.1, 0.15) is 10.7 Å². The standard InChI is InChI=1S/C23H25N3O2S/c27-23(21-18-29-22(24-21)17-25-11-13-28-14-12-25)26(15-19-7-3-1-4-8-19)16-20-9-5-2-6-10-20/h1-10,18H,11-17H2. The maximum atomic E-state index is 13.3. The monoisotopic (exact) mass is 407 g/mol. The number of amides is 1. The molecule has 3 aromatic rings. The minimum Gasteiger partial charge on any atom is -0.379 e. The molecule has 0 radical (unpaired) electrons. The number of benzene rings is 2. The highest BCUT2D eigenvalue weighted by molar-refractivity contribution is 7.09. The lowest BCUT2D eigenvalue weighted by Crippen LogP contribution is -2.35. The number of nitrogens with zero attached hydrogens (tertiary/aromatic N) is 3. The zero-order valence-corrected chi connectivity index (χ0v) is 17.2. The summed E-state index contributed by atoms with van der Waals surface area (Å²) < 4.78 is 5.41. The van der Waals surface area contributed by atoms with Gasteiger partial charge in [0.15, 0.2) is 0 Å². The second-order valence-electron chi connectivity index (χ2n) is 7.15. The molecule has 0 N–H and O–H groups in total. The Morgan fingerprint density at radius 2 is 1.55 bits per heavy atom. The van der Waals surface area contributed by atoms with Crippen LogP contribution >= 0.6 is 11.3 Å². The first-order valence-electron chi connectivity index (χ1n) is 9.89. The first-order chi connectivity index (χ1) is 14.3. The molecule has 150 valence electrons. The number of hydrogen-bond acceptors (Lipinski definition) is 5. The van der Waals surface area contributed by atoms with Crippen LogP contribution in [-0.4, -0.2) is 47.0 Å². The Labute approximate surface area is 175 Å². The normalized spacial score (nSPS) is 14.6. The summed E-state index contributed by atoms with van der Waals surface area (Å²) in [7, 11) is 0. The molecule has 1 fully saturated rings. The lowest BCUT2D eigenvalue weighted by atomic mass is 10.1. The molecule has 6 heteroatoms. The van der Waals surface area contributed by atoms with Crippen molar-refractivity contribution in [2.75, 3.05) is 26.3 Å². The largest absolute Gasteiger partial charge is 0.379 e. The van der Waals surface area contributed by atoms with Crippen molar-refractivity contribution in [2.45, 2.75) is 19.6 Å². The molecule has 1 saturated heterocycles. The number of ether oxygens (including phenoxy) is 1. The molecule has 29 heavy (non-hydrogen) atoms. The summed E-state index contributed by atoms with van der Waals surface area (Å²) in [5.74, 6) is -0.0258. The van der Waals surface area contributed by atoms with Gasteiger partial charge in [0.25, 0.3) is 5.91 Å². The first kappa shape index (κ1) is 19.8. The Hall–Kier alpha value is -2.54. The Kier molecular flexibility index (Phi) is 6.67. The molecule has 2 aromatic carbocycles. The van der Waals surface area contributed by atoms with Crippen LogP contribution in [0.5, 0.6) is 0 Å². The first-order valence-corrected chi connectivity index (χ1v) is 10.8. The fourth-order valence-corrected chi connectivity index (χ4v) is 4.21. The van der Waals surface area contributed by atoms with E-state index in [4.69, 9.17) is 4.74 Å². The van der Waals surface area contributed by atoms with Gasteiger partial charge in [0, 0.05) is 31.6 Å². The van der Waals surface area contributed by atoms with Crippen LogP contribution in [0.3, 0.4) is 0 Å².